The lowest BCUT2D eigenvalue weighted by atomic mass is 9.97. The third-order valence-corrected chi connectivity index (χ3v) is 5.57. The number of benzene rings is 2. The third kappa shape index (κ3) is 4.97. The molecule has 2 aromatic carbocycles. The molecule has 0 radical (unpaired) electrons. The lowest BCUT2D eigenvalue weighted by Crippen LogP contribution is -2.51. The van der Waals surface area contributed by atoms with Crippen LogP contribution in [0.3, 0.4) is 0 Å². The van der Waals surface area contributed by atoms with E-state index in [4.69, 9.17) is 9.47 Å². The summed E-state index contributed by atoms with van der Waals surface area (Å²) in [5.41, 5.74) is 0.886. The molecule has 0 aromatic heterocycles. The second kappa shape index (κ2) is 9.12. The lowest BCUT2D eigenvalue weighted by molar-refractivity contribution is -0.158. The van der Waals surface area contributed by atoms with Gasteiger partial charge in [0.2, 0.25) is 0 Å². The van der Waals surface area contributed by atoms with E-state index in [0.717, 1.165) is 41.3 Å². The molecule has 3 rings (SSSR count). The number of piperidine rings is 1. The molecular formula is C24H29NO4. The zero-order valence-electron chi connectivity index (χ0n) is 17.6. The summed E-state index contributed by atoms with van der Waals surface area (Å²) in [6, 6.07) is 12.1. The number of esters is 1. The average molecular weight is 395 g/mol. The minimum absolute atomic E-state index is 0.119. The first-order chi connectivity index (χ1) is 13.9. The van der Waals surface area contributed by atoms with Crippen LogP contribution in [0.1, 0.15) is 45.6 Å². The number of nitrogens with zero attached hydrogens (tertiary/aromatic N) is 1. The number of fused-ring (bicyclic) bond motifs is 1. The summed E-state index contributed by atoms with van der Waals surface area (Å²) < 4.78 is 10.6. The highest BCUT2D eigenvalue weighted by Crippen LogP contribution is 2.24. The van der Waals surface area contributed by atoms with Crippen LogP contribution in [0.4, 0.5) is 0 Å². The molecule has 1 aliphatic heterocycles. The molecule has 1 amide bonds. The molecule has 0 bridgehead atoms. The standard InChI is InChI=1S/C24H29NO4/c1-16-6-5-7-17(2)25(16)24(27)18(3)29-23(26)13-9-19-8-10-21-15-22(28-4)12-11-20(21)14-19/h8-18H,5-7H2,1-4H3/b13-9+/t16-,17+,18-/m1/s1. The fraction of sp³-hybridized carbons (Fsp3) is 0.417. The van der Waals surface area contributed by atoms with E-state index in [2.05, 4.69) is 13.8 Å². The van der Waals surface area contributed by atoms with Gasteiger partial charge in [0.1, 0.15) is 5.75 Å². The van der Waals surface area contributed by atoms with Crippen LogP contribution in [0.15, 0.2) is 42.5 Å². The first-order valence-electron chi connectivity index (χ1n) is 10.2. The second-order valence-electron chi connectivity index (χ2n) is 7.76. The number of rotatable bonds is 5. The van der Waals surface area contributed by atoms with Gasteiger partial charge in [-0.05, 0) is 80.6 Å². The van der Waals surface area contributed by atoms with E-state index < -0.39 is 12.1 Å². The summed E-state index contributed by atoms with van der Waals surface area (Å²) in [5.74, 6) is 0.171. The molecule has 1 saturated heterocycles. The largest absolute Gasteiger partial charge is 0.497 e. The highest BCUT2D eigenvalue weighted by Gasteiger charge is 2.32. The number of carbonyl (C=O) groups is 2. The van der Waals surface area contributed by atoms with E-state index >= 15 is 0 Å². The first-order valence-corrected chi connectivity index (χ1v) is 10.2. The lowest BCUT2D eigenvalue weighted by Gasteiger charge is -2.40. The maximum atomic E-state index is 12.7. The number of amides is 1. The Morgan fingerprint density at radius 3 is 2.41 bits per heavy atom. The Morgan fingerprint density at radius 1 is 1.07 bits per heavy atom. The van der Waals surface area contributed by atoms with Crippen LogP contribution in [-0.2, 0) is 14.3 Å². The molecule has 1 aliphatic rings. The van der Waals surface area contributed by atoms with Gasteiger partial charge in [-0.15, -0.1) is 0 Å². The van der Waals surface area contributed by atoms with Gasteiger partial charge >= 0.3 is 5.97 Å². The smallest absolute Gasteiger partial charge is 0.331 e. The molecule has 154 valence electrons. The van der Waals surface area contributed by atoms with Crippen molar-refractivity contribution in [3.8, 4) is 5.75 Å². The highest BCUT2D eigenvalue weighted by molar-refractivity contribution is 5.92. The fourth-order valence-corrected chi connectivity index (χ4v) is 3.97. The van der Waals surface area contributed by atoms with Gasteiger partial charge in [0.05, 0.1) is 7.11 Å². The molecule has 0 spiro atoms. The minimum atomic E-state index is -0.792. The van der Waals surface area contributed by atoms with Crippen molar-refractivity contribution in [3.05, 3.63) is 48.0 Å². The molecule has 0 unspecified atom stereocenters. The molecule has 3 atom stereocenters. The van der Waals surface area contributed by atoms with Crippen molar-refractivity contribution in [2.24, 2.45) is 0 Å². The summed E-state index contributed by atoms with van der Waals surface area (Å²) in [6.45, 7) is 5.75. The highest BCUT2D eigenvalue weighted by atomic mass is 16.5. The van der Waals surface area contributed by atoms with Gasteiger partial charge in [-0.3, -0.25) is 4.79 Å². The summed E-state index contributed by atoms with van der Waals surface area (Å²) in [5, 5.41) is 2.12. The van der Waals surface area contributed by atoms with E-state index in [1.54, 1.807) is 20.1 Å². The van der Waals surface area contributed by atoms with Crippen molar-refractivity contribution >= 4 is 28.7 Å². The van der Waals surface area contributed by atoms with E-state index in [9.17, 15) is 9.59 Å². The van der Waals surface area contributed by atoms with Crippen molar-refractivity contribution in [3.63, 3.8) is 0 Å². The van der Waals surface area contributed by atoms with E-state index in [1.807, 2.05) is 41.3 Å². The van der Waals surface area contributed by atoms with Crippen LogP contribution in [0, 0.1) is 0 Å². The molecular weight excluding hydrogens is 366 g/mol. The topological polar surface area (TPSA) is 55.8 Å². The molecule has 2 aromatic rings. The van der Waals surface area contributed by atoms with Gasteiger partial charge in [-0.1, -0.05) is 18.2 Å². The molecule has 0 saturated carbocycles. The van der Waals surface area contributed by atoms with E-state index in [1.165, 1.54) is 6.08 Å². The predicted molar refractivity (Wildman–Crippen MR) is 115 cm³/mol. The molecule has 5 heteroatoms. The van der Waals surface area contributed by atoms with Gasteiger partial charge in [0.25, 0.3) is 5.91 Å². The molecule has 1 heterocycles. The number of hydrogen-bond acceptors (Lipinski definition) is 4. The molecule has 1 fully saturated rings. The molecule has 5 nitrogen and oxygen atoms in total. The quantitative estimate of drug-likeness (QED) is 0.549. The van der Waals surface area contributed by atoms with Gasteiger partial charge in [-0.25, -0.2) is 4.79 Å². The van der Waals surface area contributed by atoms with Crippen molar-refractivity contribution in [2.45, 2.75) is 58.2 Å². The van der Waals surface area contributed by atoms with E-state index in [0.29, 0.717) is 0 Å². The predicted octanol–water partition coefficient (Wildman–Crippen LogP) is 4.58. The van der Waals surface area contributed by atoms with Gasteiger partial charge in [0.15, 0.2) is 6.10 Å². The zero-order chi connectivity index (χ0) is 21.0. The number of methoxy groups -OCH3 is 1. The summed E-state index contributed by atoms with van der Waals surface area (Å²) in [4.78, 5) is 26.8. The van der Waals surface area contributed by atoms with Crippen molar-refractivity contribution in [1.82, 2.24) is 4.90 Å². The molecule has 0 N–H and O–H groups in total. The SMILES string of the molecule is COc1ccc2cc(/C=C/C(=O)O[C@H](C)C(=O)N3[C@H](C)CCC[C@@H]3C)ccc2c1. The van der Waals surface area contributed by atoms with Gasteiger partial charge in [-0.2, -0.15) is 0 Å². The second-order valence-corrected chi connectivity index (χ2v) is 7.76. The number of hydrogen-bond donors (Lipinski definition) is 0. The maximum Gasteiger partial charge on any atom is 0.331 e. The Balaban J connectivity index is 1.63. The zero-order valence-corrected chi connectivity index (χ0v) is 17.6. The number of likely N-dealkylation sites (tertiary alicyclic amines) is 1. The van der Waals surface area contributed by atoms with Crippen molar-refractivity contribution in [1.29, 1.82) is 0 Å². The summed E-state index contributed by atoms with van der Waals surface area (Å²) in [7, 11) is 1.64. The van der Waals surface area contributed by atoms with Crippen molar-refractivity contribution < 1.29 is 19.1 Å². The molecule has 0 aliphatic carbocycles. The Kier molecular flexibility index (Phi) is 6.57. The van der Waals surface area contributed by atoms with Crippen LogP contribution in [0.5, 0.6) is 5.75 Å². The Morgan fingerprint density at radius 2 is 1.72 bits per heavy atom. The maximum absolute atomic E-state index is 12.7. The fourth-order valence-electron chi connectivity index (χ4n) is 3.97. The van der Waals surface area contributed by atoms with Gasteiger partial charge < -0.3 is 14.4 Å². The van der Waals surface area contributed by atoms with Gasteiger partial charge in [0, 0.05) is 18.2 Å². The van der Waals surface area contributed by atoms with Crippen LogP contribution in [0.25, 0.3) is 16.8 Å². The normalized spacial score (nSPS) is 20.6. The van der Waals surface area contributed by atoms with Crippen molar-refractivity contribution in [2.75, 3.05) is 7.11 Å². The number of ether oxygens (including phenoxy) is 2. The Labute approximate surface area is 172 Å². The van der Waals surface area contributed by atoms with Crippen LogP contribution in [0.2, 0.25) is 0 Å². The average Bonchev–Trinajstić information content (AvgIpc) is 2.71. The Hall–Kier alpha value is -2.82. The minimum Gasteiger partial charge on any atom is -0.497 e. The number of carbonyl (C=O) groups excluding carboxylic acids is 2. The monoisotopic (exact) mass is 395 g/mol. The first kappa shape index (κ1) is 20.9. The molecule has 29 heavy (non-hydrogen) atoms. The van der Waals surface area contributed by atoms with Crippen LogP contribution in [-0.4, -0.2) is 42.1 Å². The van der Waals surface area contributed by atoms with Crippen LogP contribution >= 0.6 is 0 Å². The summed E-state index contributed by atoms with van der Waals surface area (Å²) >= 11 is 0. The van der Waals surface area contributed by atoms with E-state index in [-0.39, 0.29) is 18.0 Å². The third-order valence-electron chi connectivity index (χ3n) is 5.57. The Bertz CT molecular complexity index is 910. The summed E-state index contributed by atoms with van der Waals surface area (Å²) in [6.07, 6.45) is 5.39. The van der Waals surface area contributed by atoms with Crippen LogP contribution < -0.4 is 4.74 Å².